The van der Waals surface area contributed by atoms with Gasteiger partial charge in [-0.3, -0.25) is 13.9 Å². The van der Waals surface area contributed by atoms with Crippen LogP contribution in [0, 0.1) is 5.92 Å². The number of ether oxygens (including phenoxy) is 2. The molecular weight excluding hydrogens is 601 g/mol. The molecule has 0 fully saturated rings. The van der Waals surface area contributed by atoms with Crippen LogP contribution in [0.3, 0.4) is 0 Å². The molecule has 3 aromatic carbocycles. The third kappa shape index (κ3) is 7.48. The van der Waals surface area contributed by atoms with E-state index in [1.807, 2.05) is 13.8 Å². The Morgan fingerprint density at radius 2 is 1.62 bits per heavy atom. The van der Waals surface area contributed by atoms with E-state index in [0.717, 1.165) is 4.31 Å². The lowest BCUT2D eigenvalue weighted by Crippen LogP contribution is -2.51. The van der Waals surface area contributed by atoms with Gasteiger partial charge in [0.1, 0.15) is 25.8 Å². The number of nitrogens with zero attached hydrogens (tertiary/aromatic N) is 2. The predicted molar refractivity (Wildman–Crippen MR) is 163 cm³/mol. The number of fused-ring (bicyclic) bond motifs is 1. The summed E-state index contributed by atoms with van der Waals surface area (Å²) in [5.74, 6) is 0.0489. The van der Waals surface area contributed by atoms with Gasteiger partial charge in [0.25, 0.3) is 10.0 Å². The molecule has 0 spiro atoms. The summed E-state index contributed by atoms with van der Waals surface area (Å²) in [7, 11) is -4.22. The molecule has 1 aliphatic heterocycles. The molecule has 42 heavy (non-hydrogen) atoms. The van der Waals surface area contributed by atoms with Crippen molar-refractivity contribution in [2.75, 3.05) is 30.6 Å². The lowest BCUT2D eigenvalue weighted by atomic mass is 10.1. The van der Waals surface area contributed by atoms with Crippen LogP contribution in [0.2, 0.25) is 10.0 Å². The second-order valence-electron chi connectivity index (χ2n) is 10.2. The van der Waals surface area contributed by atoms with Crippen LogP contribution in [0.4, 0.5) is 5.69 Å². The number of carbonyl (C=O) groups excluding carboxylic acids is 2. The fourth-order valence-corrected chi connectivity index (χ4v) is 6.20. The number of anilines is 1. The maximum absolute atomic E-state index is 14.1. The SMILES string of the molecule is CC(C)CNC(=O)[C@@H](C)N(Cc1ccc(Cl)cc1Cl)C(=O)CN(c1ccc2c(c1)OCCO2)S(=O)(=O)c1ccccc1. The number of hydrogen-bond donors (Lipinski definition) is 1. The molecule has 0 saturated carbocycles. The van der Waals surface area contributed by atoms with E-state index in [-0.39, 0.29) is 29.0 Å². The lowest BCUT2D eigenvalue weighted by molar-refractivity contribution is -0.139. The van der Waals surface area contributed by atoms with E-state index < -0.39 is 28.5 Å². The maximum atomic E-state index is 14.1. The molecule has 0 bridgehead atoms. The van der Waals surface area contributed by atoms with Crippen molar-refractivity contribution in [2.24, 2.45) is 5.92 Å². The molecule has 0 radical (unpaired) electrons. The number of hydrogen-bond acceptors (Lipinski definition) is 6. The zero-order chi connectivity index (χ0) is 30.4. The molecule has 0 unspecified atom stereocenters. The number of nitrogens with one attached hydrogen (secondary N) is 1. The van der Waals surface area contributed by atoms with Gasteiger partial charge < -0.3 is 19.7 Å². The monoisotopic (exact) mass is 633 g/mol. The molecule has 1 heterocycles. The molecule has 12 heteroatoms. The Bertz CT molecular complexity index is 1540. The first-order chi connectivity index (χ1) is 20.0. The summed E-state index contributed by atoms with van der Waals surface area (Å²) in [5.41, 5.74) is 0.757. The van der Waals surface area contributed by atoms with Crippen LogP contribution in [-0.4, -0.2) is 57.5 Å². The van der Waals surface area contributed by atoms with Crippen LogP contribution in [0.15, 0.2) is 71.6 Å². The van der Waals surface area contributed by atoms with Crippen molar-refractivity contribution >= 4 is 50.7 Å². The summed E-state index contributed by atoms with van der Waals surface area (Å²) < 4.78 is 40.2. The fourth-order valence-electron chi connectivity index (χ4n) is 4.30. The van der Waals surface area contributed by atoms with Crippen molar-refractivity contribution in [1.29, 1.82) is 0 Å². The molecule has 2 amide bonds. The molecule has 0 aromatic heterocycles. The van der Waals surface area contributed by atoms with Crippen molar-refractivity contribution in [1.82, 2.24) is 10.2 Å². The van der Waals surface area contributed by atoms with E-state index in [2.05, 4.69) is 5.32 Å². The molecule has 0 saturated heterocycles. The smallest absolute Gasteiger partial charge is 0.264 e. The zero-order valence-corrected chi connectivity index (χ0v) is 25.9. The first-order valence-electron chi connectivity index (χ1n) is 13.5. The average molecular weight is 635 g/mol. The Kier molecular flexibility index (Phi) is 10.2. The number of sulfonamides is 1. The van der Waals surface area contributed by atoms with Gasteiger partial charge in [0.05, 0.1) is 10.6 Å². The van der Waals surface area contributed by atoms with Gasteiger partial charge in [-0.25, -0.2) is 8.42 Å². The minimum atomic E-state index is -4.22. The summed E-state index contributed by atoms with van der Waals surface area (Å²) in [5, 5.41) is 3.59. The van der Waals surface area contributed by atoms with Crippen molar-refractivity contribution in [2.45, 2.75) is 38.3 Å². The number of amides is 2. The minimum Gasteiger partial charge on any atom is -0.486 e. The van der Waals surface area contributed by atoms with Crippen LogP contribution >= 0.6 is 23.2 Å². The largest absolute Gasteiger partial charge is 0.486 e. The Balaban J connectivity index is 1.73. The number of carbonyl (C=O) groups is 2. The van der Waals surface area contributed by atoms with Gasteiger partial charge in [-0.15, -0.1) is 0 Å². The molecule has 3 aromatic rings. The predicted octanol–water partition coefficient (Wildman–Crippen LogP) is 5.15. The van der Waals surface area contributed by atoms with E-state index in [1.54, 1.807) is 55.5 Å². The van der Waals surface area contributed by atoms with Crippen LogP contribution in [0.1, 0.15) is 26.3 Å². The topological polar surface area (TPSA) is 105 Å². The van der Waals surface area contributed by atoms with Gasteiger partial charge in [-0.1, -0.05) is 61.3 Å². The van der Waals surface area contributed by atoms with Gasteiger partial charge in [-0.2, -0.15) is 0 Å². The summed E-state index contributed by atoms with van der Waals surface area (Å²) in [6.07, 6.45) is 0. The first kappa shape index (κ1) is 31.5. The first-order valence-corrected chi connectivity index (χ1v) is 15.7. The van der Waals surface area contributed by atoms with Gasteiger partial charge in [0.15, 0.2) is 11.5 Å². The highest BCUT2D eigenvalue weighted by Gasteiger charge is 2.33. The third-order valence-corrected chi connectivity index (χ3v) is 9.01. The molecule has 0 aliphatic carbocycles. The van der Waals surface area contributed by atoms with E-state index in [4.69, 9.17) is 32.7 Å². The Hall–Kier alpha value is -3.47. The van der Waals surface area contributed by atoms with Crippen molar-refractivity contribution in [3.8, 4) is 11.5 Å². The van der Waals surface area contributed by atoms with Gasteiger partial charge in [-0.05, 0) is 54.8 Å². The Morgan fingerprint density at radius 1 is 0.929 bits per heavy atom. The second kappa shape index (κ2) is 13.7. The van der Waals surface area contributed by atoms with Gasteiger partial charge in [0, 0.05) is 29.2 Å². The van der Waals surface area contributed by atoms with Crippen LogP contribution in [0.25, 0.3) is 0 Å². The van der Waals surface area contributed by atoms with Crippen molar-refractivity contribution < 1.29 is 27.5 Å². The molecule has 1 N–H and O–H groups in total. The standard InChI is InChI=1S/C30H33Cl2N3O6S/c1-20(2)17-33-30(37)21(3)34(18-22-9-10-23(31)15-26(22)32)29(36)19-35(42(38,39)25-7-5-4-6-8-25)24-11-12-27-28(16-24)41-14-13-40-27/h4-12,15-16,20-21H,13-14,17-19H2,1-3H3,(H,33,37)/t21-/m1/s1. The van der Waals surface area contributed by atoms with E-state index in [9.17, 15) is 18.0 Å². The average Bonchev–Trinajstić information content (AvgIpc) is 2.98. The summed E-state index contributed by atoms with van der Waals surface area (Å²) in [4.78, 5) is 28.5. The second-order valence-corrected chi connectivity index (χ2v) is 12.9. The minimum absolute atomic E-state index is 0.00251. The highest BCUT2D eigenvalue weighted by Crippen LogP contribution is 2.36. The van der Waals surface area contributed by atoms with Crippen molar-refractivity contribution in [3.63, 3.8) is 0 Å². The quantitative estimate of drug-likeness (QED) is 0.313. The van der Waals surface area contributed by atoms with Gasteiger partial charge in [0.2, 0.25) is 11.8 Å². The molecule has 224 valence electrons. The van der Waals surface area contributed by atoms with E-state index >= 15 is 0 Å². The molecule has 1 aliphatic rings. The van der Waals surface area contributed by atoms with E-state index in [0.29, 0.717) is 46.9 Å². The molecular formula is C30H33Cl2N3O6S. The number of rotatable bonds is 11. The maximum Gasteiger partial charge on any atom is 0.264 e. The zero-order valence-electron chi connectivity index (χ0n) is 23.5. The lowest BCUT2D eigenvalue weighted by Gasteiger charge is -2.32. The Labute approximate surface area is 256 Å². The van der Waals surface area contributed by atoms with Crippen LogP contribution < -0.4 is 19.1 Å². The van der Waals surface area contributed by atoms with Crippen LogP contribution in [0.5, 0.6) is 11.5 Å². The number of benzene rings is 3. The fraction of sp³-hybridized carbons (Fsp3) is 0.333. The molecule has 1 atom stereocenters. The van der Waals surface area contributed by atoms with E-state index in [1.165, 1.54) is 23.1 Å². The molecule has 4 rings (SSSR count). The summed E-state index contributed by atoms with van der Waals surface area (Å²) in [6.45, 7) is 5.96. The van der Waals surface area contributed by atoms with Crippen molar-refractivity contribution in [3.05, 3.63) is 82.3 Å². The van der Waals surface area contributed by atoms with Gasteiger partial charge >= 0.3 is 0 Å². The highest BCUT2D eigenvalue weighted by molar-refractivity contribution is 7.92. The third-order valence-electron chi connectivity index (χ3n) is 6.63. The molecule has 9 nitrogen and oxygen atoms in total. The normalized spacial score (nSPS) is 13.4. The number of halogens is 2. The van der Waals surface area contributed by atoms with Crippen LogP contribution in [-0.2, 0) is 26.2 Å². The highest BCUT2D eigenvalue weighted by atomic mass is 35.5. The summed E-state index contributed by atoms with van der Waals surface area (Å²) >= 11 is 12.5. The Morgan fingerprint density at radius 3 is 2.29 bits per heavy atom. The summed E-state index contributed by atoms with van der Waals surface area (Å²) in [6, 6.07) is 16.4.